The summed E-state index contributed by atoms with van der Waals surface area (Å²) < 4.78 is 5.47. The van der Waals surface area contributed by atoms with E-state index in [1.807, 2.05) is 38.1 Å². The number of hydrogen-bond donors (Lipinski definition) is 1. The molecule has 1 aromatic carbocycles. The van der Waals surface area contributed by atoms with Crippen LogP contribution in [0.5, 0.6) is 5.75 Å². The smallest absolute Gasteiger partial charge is 0.169 e. The van der Waals surface area contributed by atoms with E-state index in [1.54, 1.807) is 0 Å². The normalized spacial score (nSPS) is 12.2. The van der Waals surface area contributed by atoms with Crippen molar-refractivity contribution in [1.82, 2.24) is 0 Å². The van der Waals surface area contributed by atoms with Crippen LogP contribution in [-0.4, -0.2) is 18.9 Å². The lowest BCUT2D eigenvalue weighted by Gasteiger charge is -2.13. The standard InChI is InChI=1S/C14H21NO2/c1-3-17-13-9-5-4-8-12(13)14(16)11(2)7-6-10-15/h4-5,8-9,11H,3,6-7,10,15H2,1-2H3. The van der Waals surface area contributed by atoms with Crippen molar-refractivity contribution in [2.75, 3.05) is 13.2 Å². The Balaban J connectivity index is 2.80. The molecule has 1 unspecified atom stereocenters. The first-order valence-electron chi connectivity index (χ1n) is 6.16. The summed E-state index contributed by atoms with van der Waals surface area (Å²) in [5.41, 5.74) is 6.14. The van der Waals surface area contributed by atoms with Gasteiger partial charge in [0, 0.05) is 5.92 Å². The zero-order valence-corrected chi connectivity index (χ0v) is 10.6. The van der Waals surface area contributed by atoms with Gasteiger partial charge in [-0.1, -0.05) is 19.1 Å². The van der Waals surface area contributed by atoms with Crippen LogP contribution in [0.15, 0.2) is 24.3 Å². The molecule has 0 aliphatic rings. The minimum Gasteiger partial charge on any atom is -0.493 e. The van der Waals surface area contributed by atoms with Gasteiger partial charge >= 0.3 is 0 Å². The number of ether oxygens (including phenoxy) is 1. The first-order valence-corrected chi connectivity index (χ1v) is 6.16. The van der Waals surface area contributed by atoms with E-state index in [4.69, 9.17) is 10.5 Å². The third kappa shape index (κ3) is 3.86. The first kappa shape index (κ1) is 13.7. The Morgan fingerprint density at radius 1 is 1.41 bits per heavy atom. The molecule has 1 rings (SSSR count). The molecule has 3 heteroatoms. The van der Waals surface area contributed by atoms with Gasteiger partial charge in [0.1, 0.15) is 5.75 Å². The number of ketones is 1. The molecule has 3 nitrogen and oxygen atoms in total. The van der Waals surface area contributed by atoms with Crippen LogP contribution in [0, 0.1) is 5.92 Å². The summed E-state index contributed by atoms with van der Waals surface area (Å²) in [6, 6.07) is 7.41. The summed E-state index contributed by atoms with van der Waals surface area (Å²) >= 11 is 0. The van der Waals surface area contributed by atoms with Crippen molar-refractivity contribution in [3.05, 3.63) is 29.8 Å². The summed E-state index contributed by atoms with van der Waals surface area (Å²) in [5.74, 6) is 0.822. The molecule has 2 N–H and O–H groups in total. The minimum atomic E-state index is 0.000145. The van der Waals surface area contributed by atoms with Crippen molar-refractivity contribution in [1.29, 1.82) is 0 Å². The number of nitrogens with two attached hydrogens (primary N) is 1. The van der Waals surface area contributed by atoms with Crippen molar-refractivity contribution in [3.8, 4) is 5.75 Å². The fourth-order valence-electron chi connectivity index (χ4n) is 1.77. The molecule has 0 amide bonds. The molecule has 94 valence electrons. The van der Waals surface area contributed by atoms with Gasteiger partial charge in [-0.3, -0.25) is 4.79 Å². The number of carbonyl (C=O) groups is 1. The highest BCUT2D eigenvalue weighted by molar-refractivity contribution is 6.00. The Hall–Kier alpha value is -1.35. The van der Waals surface area contributed by atoms with Crippen LogP contribution in [0.3, 0.4) is 0 Å². The number of para-hydroxylation sites is 1. The molecule has 1 aromatic rings. The lowest BCUT2D eigenvalue weighted by Crippen LogP contribution is -2.14. The SMILES string of the molecule is CCOc1ccccc1C(=O)C(C)CCCN. The van der Waals surface area contributed by atoms with Crippen LogP contribution < -0.4 is 10.5 Å². The van der Waals surface area contributed by atoms with Crippen molar-refractivity contribution in [3.63, 3.8) is 0 Å². The fourth-order valence-corrected chi connectivity index (χ4v) is 1.77. The highest BCUT2D eigenvalue weighted by atomic mass is 16.5. The second-order valence-corrected chi connectivity index (χ2v) is 4.13. The second kappa shape index (κ2) is 7.07. The van der Waals surface area contributed by atoms with Gasteiger partial charge in [0.2, 0.25) is 0 Å². The van der Waals surface area contributed by atoms with Crippen LogP contribution in [0.4, 0.5) is 0 Å². The van der Waals surface area contributed by atoms with E-state index in [-0.39, 0.29) is 11.7 Å². The zero-order chi connectivity index (χ0) is 12.7. The number of rotatable bonds is 7. The largest absolute Gasteiger partial charge is 0.493 e. The Morgan fingerprint density at radius 3 is 2.76 bits per heavy atom. The number of Topliss-reactive ketones (excluding diaryl/α,β-unsaturated/α-hetero) is 1. The van der Waals surface area contributed by atoms with Crippen molar-refractivity contribution in [2.45, 2.75) is 26.7 Å². The lowest BCUT2D eigenvalue weighted by atomic mass is 9.94. The van der Waals surface area contributed by atoms with E-state index in [2.05, 4.69) is 0 Å². The summed E-state index contributed by atoms with van der Waals surface area (Å²) in [5, 5.41) is 0. The quantitative estimate of drug-likeness (QED) is 0.739. The molecule has 0 fully saturated rings. The van der Waals surface area contributed by atoms with Crippen molar-refractivity contribution < 1.29 is 9.53 Å². The molecule has 0 aliphatic carbocycles. The molecule has 1 atom stereocenters. The van der Waals surface area contributed by atoms with Gasteiger partial charge in [-0.15, -0.1) is 0 Å². The van der Waals surface area contributed by atoms with Gasteiger partial charge < -0.3 is 10.5 Å². The van der Waals surface area contributed by atoms with E-state index in [0.29, 0.717) is 24.5 Å². The Morgan fingerprint density at radius 2 is 2.12 bits per heavy atom. The summed E-state index contributed by atoms with van der Waals surface area (Å²) in [7, 11) is 0. The summed E-state index contributed by atoms with van der Waals surface area (Å²) in [6.45, 7) is 5.06. The Kier molecular flexibility index (Phi) is 5.70. The topological polar surface area (TPSA) is 52.3 Å². The Labute approximate surface area is 103 Å². The lowest BCUT2D eigenvalue weighted by molar-refractivity contribution is 0.0919. The van der Waals surface area contributed by atoms with Gasteiger partial charge in [-0.05, 0) is 38.4 Å². The predicted octanol–water partition coefficient (Wildman–Crippen LogP) is 2.64. The first-order chi connectivity index (χ1) is 8.20. The molecule has 0 aromatic heterocycles. The van der Waals surface area contributed by atoms with E-state index < -0.39 is 0 Å². The fraction of sp³-hybridized carbons (Fsp3) is 0.500. The van der Waals surface area contributed by atoms with E-state index in [0.717, 1.165) is 12.8 Å². The van der Waals surface area contributed by atoms with Crippen LogP contribution in [-0.2, 0) is 0 Å². The molecule has 0 heterocycles. The van der Waals surface area contributed by atoms with Crippen molar-refractivity contribution >= 4 is 5.78 Å². The van der Waals surface area contributed by atoms with E-state index in [9.17, 15) is 4.79 Å². The highest BCUT2D eigenvalue weighted by Crippen LogP contribution is 2.23. The monoisotopic (exact) mass is 235 g/mol. The zero-order valence-electron chi connectivity index (χ0n) is 10.6. The van der Waals surface area contributed by atoms with Gasteiger partial charge in [0.15, 0.2) is 5.78 Å². The molecule has 0 saturated heterocycles. The summed E-state index contributed by atoms with van der Waals surface area (Å²) in [4.78, 5) is 12.2. The molecular formula is C14H21NO2. The maximum Gasteiger partial charge on any atom is 0.169 e. The molecule has 0 radical (unpaired) electrons. The minimum absolute atomic E-state index is 0.000145. The third-order valence-corrected chi connectivity index (χ3v) is 2.74. The number of hydrogen-bond acceptors (Lipinski definition) is 3. The van der Waals surface area contributed by atoms with Crippen molar-refractivity contribution in [2.24, 2.45) is 11.7 Å². The average Bonchev–Trinajstić information content (AvgIpc) is 2.36. The van der Waals surface area contributed by atoms with Crippen LogP contribution in [0.25, 0.3) is 0 Å². The van der Waals surface area contributed by atoms with Crippen LogP contribution in [0.2, 0.25) is 0 Å². The molecule has 0 spiro atoms. The molecule has 17 heavy (non-hydrogen) atoms. The van der Waals surface area contributed by atoms with Crippen LogP contribution >= 0.6 is 0 Å². The number of carbonyl (C=O) groups excluding carboxylic acids is 1. The van der Waals surface area contributed by atoms with E-state index >= 15 is 0 Å². The van der Waals surface area contributed by atoms with Gasteiger partial charge in [0.05, 0.1) is 12.2 Å². The summed E-state index contributed by atoms with van der Waals surface area (Å²) in [6.07, 6.45) is 1.71. The third-order valence-electron chi connectivity index (χ3n) is 2.74. The molecular weight excluding hydrogens is 214 g/mol. The van der Waals surface area contributed by atoms with E-state index in [1.165, 1.54) is 0 Å². The van der Waals surface area contributed by atoms with Gasteiger partial charge in [0.25, 0.3) is 0 Å². The number of benzene rings is 1. The Bertz CT molecular complexity index is 363. The second-order valence-electron chi connectivity index (χ2n) is 4.13. The highest BCUT2D eigenvalue weighted by Gasteiger charge is 2.18. The predicted molar refractivity (Wildman–Crippen MR) is 69.4 cm³/mol. The van der Waals surface area contributed by atoms with Gasteiger partial charge in [-0.25, -0.2) is 0 Å². The maximum absolute atomic E-state index is 12.2. The molecule has 0 bridgehead atoms. The van der Waals surface area contributed by atoms with Gasteiger partial charge in [-0.2, -0.15) is 0 Å². The molecule has 0 aliphatic heterocycles. The maximum atomic E-state index is 12.2. The van der Waals surface area contributed by atoms with Crippen LogP contribution in [0.1, 0.15) is 37.0 Å². The average molecular weight is 235 g/mol. The molecule has 0 saturated carbocycles.